The highest BCUT2D eigenvalue weighted by Gasteiger charge is 2.44. The Morgan fingerprint density at radius 3 is 2.64 bits per heavy atom. The second-order valence-corrected chi connectivity index (χ2v) is 6.47. The van der Waals surface area contributed by atoms with E-state index in [1.54, 1.807) is 7.11 Å². The molecule has 0 saturated heterocycles. The molecule has 0 saturated carbocycles. The standard InChI is InChI=1S/C19H30O3/c1-7-9-16-11-12-17(22-15(4)20)18(16)19(5,21-6)13-8-10-14(2)3/h7,10-11,17-18H,1,8-9,12-13H2,2-6H3/t17-,18-,19+/m0/s1. The van der Waals surface area contributed by atoms with Gasteiger partial charge in [0.25, 0.3) is 0 Å². The summed E-state index contributed by atoms with van der Waals surface area (Å²) in [5, 5.41) is 0. The van der Waals surface area contributed by atoms with Gasteiger partial charge in [-0.2, -0.15) is 0 Å². The van der Waals surface area contributed by atoms with Gasteiger partial charge in [0.15, 0.2) is 0 Å². The molecule has 3 atom stereocenters. The van der Waals surface area contributed by atoms with Crippen LogP contribution in [0.3, 0.4) is 0 Å². The van der Waals surface area contributed by atoms with Crippen LogP contribution in [0.5, 0.6) is 0 Å². The van der Waals surface area contributed by atoms with Gasteiger partial charge in [-0.15, -0.1) is 6.58 Å². The van der Waals surface area contributed by atoms with Crippen molar-refractivity contribution in [2.24, 2.45) is 5.92 Å². The third-order valence-corrected chi connectivity index (χ3v) is 4.40. The SMILES string of the molecule is C=CCC1=CC[C@H](OC(C)=O)[C@H]1[C@@](C)(CCC=C(C)C)OC. The van der Waals surface area contributed by atoms with Crippen molar-refractivity contribution in [2.45, 2.75) is 65.1 Å². The van der Waals surface area contributed by atoms with E-state index in [0.29, 0.717) is 0 Å². The number of esters is 1. The molecule has 3 heteroatoms. The van der Waals surface area contributed by atoms with Crippen LogP contribution in [0.25, 0.3) is 0 Å². The molecular weight excluding hydrogens is 276 g/mol. The lowest BCUT2D eigenvalue weighted by Gasteiger charge is -2.39. The summed E-state index contributed by atoms with van der Waals surface area (Å²) in [4.78, 5) is 11.4. The monoisotopic (exact) mass is 306 g/mol. The summed E-state index contributed by atoms with van der Waals surface area (Å²) >= 11 is 0. The molecule has 0 aromatic rings. The minimum atomic E-state index is -0.350. The van der Waals surface area contributed by atoms with Crippen LogP contribution in [0.1, 0.15) is 53.4 Å². The van der Waals surface area contributed by atoms with Gasteiger partial charge in [-0.05, 0) is 40.0 Å². The van der Waals surface area contributed by atoms with Crippen molar-refractivity contribution < 1.29 is 14.3 Å². The lowest BCUT2D eigenvalue weighted by molar-refractivity contribution is -0.154. The normalized spacial score (nSPS) is 23.4. The van der Waals surface area contributed by atoms with Gasteiger partial charge in [0.1, 0.15) is 6.10 Å². The van der Waals surface area contributed by atoms with Crippen LogP contribution in [-0.4, -0.2) is 24.8 Å². The maximum Gasteiger partial charge on any atom is 0.302 e. The molecule has 0 aromatic carbocycles. The van der Waals surface area contributed by atoms with E-state index in [9.17, 15) is 4.79 Å². The number of carbonyl (C=O) groups is 1. The topological polar surface area (TPSA) is 35.5 Å². The van der Waals surface area contributed by atoms with Gasteiger partial charge < -0.3 is 9.47 Å². The molecule has 1 aliphatic carbocycles. The highest BCUT2D eigenvalue weighted by atomic mass is 16.5. The summed E-state index contributed by atoms with van der Waals surface area (Å²) in [6.07, 6.45) is 9.59. The Morgan fingerprint density at radius 1 is 1.45 bits per heavy atom. The van der Waals surface area contributed by atoms with Crippen molar-refractivity contribution in [2.75, 3.05) is 7.11 Å². The lowest BCUT2D eigenvalue weighted by Crippen LogP contribution is -2.44. The summed E-state index contributed by atoms with van der Waals surface area (Å²) in [7, 11) is 1.75. The molecule has 1 rings (SSSR count). The molecule has 0 bridgehead atoms. The Morgan fingerprint density at radius 2 is 2.14 bits per heavy atom. The number of ether oxygens (including phenoxy) is 2. The first-order chi connectivity index (χ1) is 10.3. The molecule has 0 spiro atoms. The fraction of sp³-hybridized carbons (Fsp3) is 0.632. The Hall–Kier alpha value is -1.35. The molecule has 22 heavy (non-hydrogen) atoms. The molecule has 0 unspecified atom stereocenters. The first-order valence-corrected chi connectivity index (χ1v) is 7.99. The summed E-state index contributed by atoms with van der Waals surface area (Å²) in [6.45, 7) is 11.6. The van der Waals surface area contributed by atoms with Gasteiger partial charge in [0, 0.05) is 26.4 Å². The van der Waals surface area contributed by atoms with Crippen LogP contribution in [0.4, 0.5) is 0 Å². The highest BCUT2D eigenvalue weighted by Crippen LogP contribution is 2.42. The zero-order valence-electron chi connectivity index (χ0n) is 14.6. The third-order valence-electron chi connectivity index (χ3n) is 4.40. The number of hydrogen-bond donors (Lipinski definition) is 0. The molecule has 0 amide bonds. The molecule has 0 aliphatic heterocycles. The van der Waals surface area contributed by atoms with Gasteiger partial charge in [0.2, 0.25) is 0 Å². The number of carbonyl (C=O) groups excluding carboxylic acids is 1. The summed E-state index contributed by atoms with van der Waals surface area (Å²) in [5.41, 5.74) is 2.23. The van der Waals surface area contributed by atoms with Crippen LogP contribution < -0.4 is 0 Å². The zero-order chi connectivity index (χ0) is 16.8. The van der Waals surface area contributed by atoms with Gasteiger partial charge in [-0.3, -0.25) is 4.79 Å². The number of hydrogen-bond acceptors (Lipinski definition) is 3. The summed E-state index contributed by atoms with van der Waals surface area (Å²) < 4.78 is 11.5. The zero-order valence-corrected chi connectivity index (χ0v) is 14.6. The smallest absolute Gasteiger partial charge is 0.302 e. The van der Waals surface area contributed by atoms with Crippen LogP contribution in [0.15, 0.2) is 36.0 Å². The number of allylic oxidation sites excluding steroid dienone is 3. The Kier molecular flexibility index (Phi) is 7.08. The largest absolute Gasteiger partial charge is 0.461 e. The predicted octanol–water partition coefficient (Wildman–Crippen LogP) is 4.59. The highest BCUT2D eigenvalue weighted by molar-refractivity contribution is 5.66. The molecule has 0 N–H and O–H groups in total. The number of methoxy groups -OCH3 is 1. The molecule has 1 aliphatic rings. The maximum atomic E-state index is 11.4. The van der Waals surface area contributed by atoms with Crippen LogP contribution in [0.2, 0.25) is 0 Å². The molecule has 0 radical (unpaired) electrons. The van der Waals surface area contributed by atoms with E-state index in [4.69, 9.17) is 9.47 Å². The number of rotatable bonds is 8. The Balaban J connectivity index is 2.98. The van der Waals surface area contributed by atoms with E-state index >= 15 is 0 Å². The maximum absolute atomic E-state index is 11.4. The van der Waals surface area contributed by atoms with Gasteiger partial charge >= 0.3 is 5.97 Å². The predicted molar refractivity (Wildman–Crippen MR) is 90.6 cm³/mol. The first kappa shape index (κ1) is 18.7. The van der Waals surface area contributed by atoms with Crippen molar-refractivity contribution in [3.05, 3.63) is 36.0 Å². The fourth-order valence-electron chi connectivity index (χ4n) is 3.29. The second kappa shape index (κ2) is 8.33. The average Bonchev–Trinajstić information content (AvgIpc) is 2.81. The molecule has 3 nitrogen and oxygen atoms in total. The van der Waals surface area contributed by atoms with E-state index in [2.05, 4.69) is 39.5 Å². The first-order valence-electron chi connectivity index (χ1n) is 7.99. The quantitative estimate of drug-likeness (QED) is 0.486. The van der Waals surface area contributed by atoms with E-state index in [1.807, 2.05) is 6.08 Å². The van der Waals surface area contributed by atoms with Crippen LogP contribution >= 0.6 is 0 Å². The van der Waals surface area contributed by atoms with Crippen LogP contribution in [-0.2, 0) is 14.3 Å². The van der Waals surface area contributed by atoms with Crippen molar-refractivity contribution in [3.63, 3.8) is 0 Å². The van der Waals surface area contributed by atoms with E-state index in [-0.39, 0.29) is 23.6 Å². The van der Waals surface area contributed by atoms with E-state index in [0.717, 1.165) is 25.7 Å². The summed E-state index contributed by atoms with van der Waals surface area (Å²) in [5.74, 6) is -0.143. The minimum absolute atomic E-state index is 0.0879. The minimum Gasteiger partial charge on any atom is -0.461 e. The summed E-state index contributed by atoms with van der Waals surface area (Å²) in [6, 6.07) is 0. The average molecular weight is 306 g/mol. The molecule has 0 aromatic heterocycles. The van der Waals surface area contributed by atoms with E-state index < -0.39 is 0 Å². The molecule has 124 valence electrons. The molecule has 0 fully saturated rings. The third kappa shape index (κ3) is 4.84. The Bertz CT molecular complexity index is 457. The van der Waals surface area contributed by atoms with Gasteiger partial charge in [-0.25, -0.2) is 0 Å². The van der Waals surface area contributed by atoms with Crippen molar-refractivity contribution in [1.82, 2.24) is 0 Å². The molecular formula is C19H30O3. The Labute approximate surface area is 135 Å². The fourth-order valence-corrected chi connectivity index (χ4v) is 3.29. The second-order valence-electron chi connectivity index (χ2n) is 6.47. The van der Waals surface area contributed by atoms with Crippen molar-refractivity contribution >= 4 is 5.97 Å². The van der Waals surface area contributed by atoms with E-state index in [1.165, 1.54) is 18.1 Å². The molecule has 0 heterocycles. The lowest BCUT2D eigenvalue weighted by atomic mass is 9.78. The van der Waals surface area contributed by atoms with Crippen LogP contribution in [0, 0.1) is 5.92 Å². The van der Waals surface area contributed by atoms with Crippen molar-refractivity contribution in [1.29, 1.82) is 0 Å². The van der Waals surface area contributed by atoms with Gasteiger partial charge in [-0.1, -0.05) is 29.4 Å². The van der Waals surface area contributed by atoms with Crippen molar-refractivity contribution in [3.8, 4) is 0 Å². The van der Waals surface area contributed by atoms with Gasteiger partial charge in [0.05, 0.1) is 5.60 Å².